The standard InChI is InChI=1S/C18H17N3O4/c1-10-7-14-13(17-15(10)16(18(22)23)20-25-17)9-21(19-14)8-11-3-5-12(24-2)6-4-11/h3-6,9-10H,7-8H2,1-2H3,(H,22,23)/t10-/m0/s1. The minimum atomic E-state index is -1.06. The van der Waals surface area contributed by atoms with Crippen molar-refractivity contribution < 1.29 is 19.2 Å². The molecule has 0 unspecified atom stereocenters. The van der Waals surface area contributed by atoms with E-state index in [1.165, 1.54) is 0 Å². The van der Waals surface area contributed by atoms with Crippen molar-refractivity contribution in [1.29, 1.82) is 0 Å². The first-order chi connectivity index (χ1) is 12.1. The van der Waals surface area contributed by atoms with Crippen molar-refractivity contribution in [2.24, 2.45) is 0 Å². The number of nitrogens with zero attached hydrogens (tertiary/aromatic N) is 3. The zero-order valence-electron chi connectivity index (χ0n) is 13.9. The molecular weight excluding hydrogens is 322 g/mol. The van der Waals surface area contributed by atoms with E-state index in [0.29, 0.717) is 24.3 Å². The maximum absolute atomic E-state index is 11.3. The van der Waals surface area contributed by atoms with Crippen molar-refractivity contribution in [3.8, 4) is 17.1 Å². The van der Waals surface area contributed by atoms with Gasteiger partial charge in [0.05, 0.1) is 24.9 Å². The Balaban J connectivity index is 1.68. The highest BCUT2D eigenvalue weighted by atomic mass is 16.5. The maximum atomic E-state index is 11.3. The minimum absolute atomic E-state index is 0.00365. The van der Waals surface area contributed by atoms with Crippen LogP contribution in [0.2, 0.25) is 0 Å². The lowest BCUT2D eigenvalue weighted by Crippen LogP contribution is -2.11. The van der Waals surface area contributed by atoms with E-state index in [4.69, 9.17) is 9.26 Å². The van der Waals surface area contributed by atoms with Gasteiger partial charge in [0.2, 0.25) is 0 Å². The molecule has 2 heterocycles. The van der Waals surface area contributed by atoms with E-state index < -0.39 is 5.97 Å². The highest BCUT2D eigenvalue weighted by Crippen LogP contribution is 2.40. The van der Waals surface area contributed by atoms with Gasteiger partial charge in [0, 0.05) is 11.8 Å². The molecule has 0 amide bonds. The molecule has 2 aromatic heterocycles. The molecular formula is C18H17N3O4. The Bertz CT molecular complexity index is 940. The molecule has 0 bridgehead atoms. The van der Waals surface area contributed by atoms with Gasteiger partial charge in [0.15, 0.2) is 11.5 Å². The molecule has 1 atom stereocenters. The Morgan fingerprint density at radius 2 is 2.16 bits per heavy atom. The number of benzene rings is 1. The normalized spacial score (nSPS) is 15.5. The van der Waals surface area contributed by atoms with E-state index in [1.54, 1.807) is 7.11 Å². The molecule has 25 heavy (non-hydrogen) atoms. The van der Waals surface area contributed by atoms with Crippen LogP contribution in [0.3, 0.4) is 0 Å². The Kier molecular flexibility index (Phi) is 3.56. The molecule has 0 fully saturated rings. The van der Waals surface area contributed by atoms with Crippen molar-refractivity contribution >= 4 is 5.97 Å². The Labute approximate surface area is 143 Å². The summed E-state index contributed by atoms with van der Waals surface area (Å²) >= 11 is 0. The van der Waals surface area contributed by atoms with Gasteiger partial charge in [-0.1, -0.05) is 24.2 Å². The fraction of sp³-hybridized carbons (Fsp3) is 0.278. The maximum Gasteiger partial charge on any atom is 0.358 e. The van der Waals surface area contributed by atoms with Crippen molar-refractivity contribution in [3.05, 3.63) is 53.0 Å². The first-order valence-corrected chi connectivity index (χ1v) is 7.99. The van der Waals surface area contributed by atoms with Crippen LogP contribution in [0.5, 0.6) is 5.75 Å². The molecule has 128 valence electrons. The van der Waals surface area contributed by atoms with Gasteiger partial charge >= 0.3 is 5.97 Å². The molecule has 1 aliphatic carbocycles. The molecule has 0 aliphatic heterocycles. The highest BCUT2D eigenvalue weighted by molar-refractivity contribution is 5.90. The van der Waals surface area contributed by atoms with E-state index in [9.17, 15) is 9.90 Å². The number of aromatic nitrogens is 3. The number of carboxylic acid groups (broad SMARTS) is 1. The summed E-state index contributed by atoms with van der Waals surface area (Å²) in [7, 11) is 1.64. The van der Waals surface area contributed by atoms with Gasteiger partial charge < -0.3 is 14.4 Å². The number of carboxylic acids is 1. The van der Waals surface area contributed by atoms with Crippen LogP contribution < -0.4 is 4.74 Å². The molecule has 0 saturated heterocycles. The van der Waals surface area contributed by atoms with Crippen molar-refractivity contribution in [1.82, 2.24) is 14.9 Å². The van der Waals surface area contributed by atoms with E-state index >= 15 is 0 Å². The first kappa shape index (κ1) is 15.4. The lowest BCUT2D eigenvalue weighted by Gasteiger charge is -2.15. The predicted octanol–water partition coefficient (Wildman–Crippen LogP) is 2.95. The van der Waals surface area contributed by atoms with Gasteiger partial charge in [-0.05, 0) is 30.0 Å². The van der Waals surface area contributed by atoms with Gasteiger partial charge in [0.1, 0.15) is 5.75 Å². The second-order valence-electron chi connectivity index (χ2n) is 6.22. The highest BCUT2D eigenvalue weighted by Gasteiger charge is 2.33. The number of hydrogen-bond donors (Lipinski definition) is 1. The number of methoxy groups -OCH3 is 1. The molecule has 1 aliphatic rings. The molecule has 4 rings (SSSR count). The van der Waals surface area contributed by atoms with Crippen LogP contribution in [0.15, 0.2) is 35.0 Å². The van der Waals surface area contributed by atoms with Crippen LogP contribution in [0.4, 0.5) is 0 Å². The molecule has 0 spiro atoms. The summed E-state index contributed by atoms with van der Waals surface area (Å²) in [5.41, 5.74) is 3.47. The second kappa shape index (κ2) is 5.77. The fourth-order valence-corrected chi connectivity index (χ4v) is 3.30. The SMILES string of the molecule is COc1ccc(Cn2cc3c(n2)C[C@H](C)c2c(C(=O)O)noc2-3)cc1. The topological polar surface area (TPSA) is 90.4 Å². The number of fused-ring (bicyclic) bond motifs is 3. The van der Waals surface area contributed by atoms with E-state index in [2.05, 4.69) is 10.3 Å². The third-order valence-electron chi connectivity index (χ3n) is 4.51. The van der Waals surface area contributed by atoms with Crippen LogP contribution in [0, 0.1) is 0 Å². The van der Waals surface area contributed by atoms with Gasteiger partial charge in [0.25, 0.3) is 0 Å². The third kappa shape index (κ3) is 2.57. The van der Waals surface area contributed by atoms with Crippen LogP contribution >= 0.6 is 0 Å². The van der Waals surface area contributed by atoms with E-state index in [1.807, 2.05) is 42.1 Å². The van der Waals surface area contributed by atoms with E-state index in [-0.39, 0.29) is 11.6 Å². The van der Waals surface area contributed by atoms with Crippen LogP contribution in [0.25, 0.3) is 11.3 Å². The molecule has 1 aromatic carbocycles. The molecule has 3 aromatic rings. The monoisotopic (exact) mass is 339 g/mol. The number of carbonyl (C=O) groups is 1. The average molecular weight is 339 g/mol. The van der Waals surface area contributed by atoms with Crippen molar-refractivity contribution in [2.75, 3.05) is 7.11 Å². The molecule has 1 N–H and O–H groups in total. The largest absolute Gasteiger partial charge is 0.497 e. The average Bonchev–Trinajstić information content (AvgIpc) is 3.19. The lowest BCUT2D eigenvalue weighted by molar-refractivity contribution is 0.0684. The van der Waals surface area contributed by atoms with Crippen molar-refractivity contribution in [3.63, 3.8) is 0 Å². The Morgan fingerprint density at radius 3 is 2.84 bits per heavy atom. The third-order valence-corrected chi connectivity index (χ3v) is 4.51. The molecule has 0 radical (unpaired) electrons. The summed E-state index contributed by atoms with van der Waals surface area (Å²) in [5.74, 6) is 0.270. The molecule has 0 saturated carbocycles. The van der Waals surface area contributed by atoms with Crippen LogP contribution in [-0.2, 0) is 13.0 Å². The number of aromatic carboxylic acids is 1. The van der Waals surface area contributed by atoms with Crippen LogP contribution in [0.1, 0.15) is 40.2 Å². The van der Waals surface area contributed by atoms with Gasteiger partial charge in [-0.25, -0.2) is 4.79 Å². The predicted molar refractivity (Wildman–Crippen MR) is 88.9 cm³/mol. The summed E-state index contributed by atoms with van der Waals surface area (Å²) in [6, 6.07) is 7.80. The molecule has 7 heteroatoms. The zero-order chi connectivity index (χ0) is 17.6. The summed E-state index contributed by atoms with van der Waals surface area (Å²) in [5, 5.41) is 17.7. The van der Waals surface area contributed by atoms with Gasteiger partial charge in [-0.3, -0.25) is 4.68 Å². The summed E-state index contributed by atoms with van der Waals surface area (Å²) < 4.78 is 12.4. The summed E-state index contributed by atoms with van der Waals surface area (Å²) in [6.07, 6.45) is 2.56. The smallest absolute Gasteiger partial charge is 0.358 e. The first-order valence-electron chi connectivity index (χ1n) is 7.99. The van der Waals surface area contributed by atoms with Gasteiger partial charge in [-0.2, -0.15) is 5.10 Å². The zero-order valence-corrected chi connectivity index (χ0v) is 13.9. The summed E-state index contributed by atoms with van der Waals surface area (Å²) in [6.45, 7) is 2.58. The number of ether oxygens (including phenoxy) is 1. The van der Waals surface area contributed by atoms with E-state index in [0.717, 1.165) is 22.6 Å². The minimum Gasteiger partial charge on any atom is -0.497 e. The van der Waals surface area contributed by atoms with Crippen LogP contribution in [-0.4, -0.2) is 33.1 Å². The quantitative estimate of drug-likeness (QED) is 0.786. The summed E-state index contributed by atoms with van der Waals surface area (Å²) in [4.78, 5) is 11.3. The Hall–Kier alpha value is -3.09. The Morgan fingerprint density at radius 1 is 1.40 bits per heavy atom. The lowest BCUT2D eigenvalue weighted by atomic mass is 9.86. The number of hydrogen-bond acceptors (Lipinski definition) is 5. The fourth-order valence-electron chi connectivity index (χ4n) is 3.30. The molecule has 7 nitrogen and oxygen atoms in total. The second-order valence-corrected chi connectivity index (χ2v) is 6.22. The van der Waals surface area contributed by atoms with Gasteiger partial charge in [-0.15, -0.1) is 0 Å². The van der Waals surface area contributed by atoms with Crippen molar-refractivity contribution in [2.45, 2.75) is 25.8 Å². The number of rotatable bonds is 4.